The highest BCUT2D eigenvalue weighted by atomic mass is 16.5. The van der Waals surface area contributed by atoms with Crippen molar-refractivity contribution in [2.24, 2.45) is 7.05 Å². The summed E-state index contributed by atoms with van der Waals surface area (Å²) in [6.07, 6.45) is 0. The lowest BCUT2D eigenvalue weighted by atomic mass is 10.1. The summed E-state index contributed by atoms with van der Waals surface area (Å²) in [5.41, 5.74) is 0.780. The van der Waals surface area contributed by atoms with E-state index in [0.29, 0.717) is 29.7 Å². The fourth-order valence-electron chi connectivity index (χ4n) is 2.00. The molecule has 0 aliphatic heterocycles. The maximum absolute atomic E-state index is 5.33. The molecule has 2 aromatic rings. The standard InChI is InChI=1S/C14H19N3O4/c1-17-12(8-18-2)15-14(16-17)9-6-10(19-3)13(21-5)11(7-9)20-4/h6-7H,8H2,1-5H3. The zero-order chi connectivity index (χ0) is 15.4. The monoisotopic (exact) mass is 293 g/mol. The van der Waals surface area contributed by atoms with Gasteiger partial charge in [0.05, 0.1) is 21.3 Å². The van der Waals surface area contributed by atoms with Crippen molar-refractivity contribution in [2.45, 2.75) is 6.61 Å². The summed E-state index contributed by atoms with van der Waals surface area (Å²) in [5, 5.41) is 4.38. The van der Waals surface area contributed by atoms with E-state index in [4.69, 9.17) is 18.9 Å². The predicted octanol–water partition coefficient (Wildman–Crippen LogP) is 1.65. The van der Waals surface area contributed by atoms with Crippen LogP contribution in [0.1, 0.15) is 5.82 Å². The molecule has 0 aliphatic carbocycles. The Morgan fingerprint density at radius 2 is 1.62 bits per heavy atom. The second kappa shape index (κ2) is 6.45. The first kappa shape index (κ1) is 15.1. The minimum Gasteiger partial charge on any atom is -0.493 e. The SMILES string of the molecule is COCc1nc(-c2cc(OC)c(OC)c(OC)c2)nn1C. The highest BCUT2D eigenvalue weighted by Crippen LogP contribution is 2.40. The lowest BCUT2D eigenvalue weighted by molar-refractivity contribution is 0.174. The second-order valence-electron chi connectivity index (χ2n) is 4.32. The van der Waals surface area contributed by atoms with Crippen molar-refractivity contribution < 1.29 is 18.9 Å². The zero-order valence-electron chi connectivity index (χ0n) is 12.8. The molecule has 7 heteroatoms. The molecule has 2 rings (SSSR count). The van der Waals surface area contributed by atoms with E-state index in [9.17, 15) is 0 Å². The van der Waals surface area contributed by atoms with Gasteiger partial charge in [0.15, 0.2) is 23.1 Å². The minimum absolute atomic E-state index is 0.397. The van der Waals surface area contributed by atoms with Crippen molar-refractivity contribution in [3.8, 4) is 28.6 Å². The lowest BCUT2D eigenvalue weighted by Gasteiger charge is -2.12. The molecule has 0 fully saturated rings. The summed E-state index contributed by atoms with van der Waals surface area (Å²) >= 11 is 0. The third-order valence-electron chi connectivity index (χ3n) is 3.05. The van der Waals surface area contributed by atoms with Crippen LogP contribution < -0.4 is 14.2 Å². The Kier molecular flexibility index (Phi) is 4.64. The van der Waals surface area contributed by atoms with Crippen LogP contribution in [0.25, 0.3) is 11.4 Å². The Morgan fingerprint density at radius 3 is 2.10 bits per heavy atom. The largest absolute Gasteiger partial charge is 0.493 e. The molecule has 0 bridgehead atoms. The van der Waals surface area contributed by atoms with Gasteiger partial charge in [-0.1, -0.05) is 0 Å². The van der Waals surface area contributed by atoms with Gasteiger partial charge in [-0.15, -0.1) is 0 Å². The third-order valence-corrected chi connectivity index (χ3v) is 3.05. The van der Waals surface area contributed by atoms with Crippen molar-refractivity contribution in [1.29, 1.82) is 0 Å². The van der Waals surface area contributed by atoms with Crippen LogP contribution in [-0.2, 0) is 18.4 Å². The fourth-order valence-corrected chi connectivity index (χ4v) is 2.00. The zero-order valence-corrected chi connectivity index (χ0v) is 12.8. The maximum Gasteiger partial charge on any atom is 0.203 e. The molecule has 0 amide bonds. The van der Waals surface area contributed by atoms with Gasteiger partial charge in [-0.05, 0) is 12.1 Å². The molecule has 0 unspecified atom stereocenters. The van der Waals surface area contributed by atoms with E-state index in [2.05, 4.69) is 10.1 Å². The molecule has 0 saturated heterocycles. The number of hydrogen-bond acceptors (Lipinski definition) is 6. The molecule has 0 atom stereocenters. The van der Waals surface area contributed by atoms with E-state index in [1.165, 1.54) is 0 Å². The minimum atomic E-state index is 0.397. The molecular weight excluding hydrogens is 274 g/mol. The van der Waals surface area contributed by atoms with Crippen LogP contribution in [0.5, 0.6) is 17.2 Å². The Balaban J connectivity index is 2.51. The van der Waals surface area contributed by atoms with Crippen LogP contribution in [0.2, 0.25) is 0 Å². The van der Waals surface area contributed by atoms with Crippen molar-refractivity contribution >= 4 is 0 Å². The highest BCUT2D eigenvalue weighted by Gasteiger charge is 2.17. The van der Waals surface area contributed by atoms with Crippen LogP contribution in [0.4, 0.5) is 0 Å². The van der Waals surface area contributed by atoms with Crippen molar-refractivity contribution in [1.82, 2.24) is 14.8 Å². The second-order valence-corrected chi connectivity index (χ2v) is 4.32. The molecule has 21 heavy (non-hydrogen) atoms. The maximum atomic E-state index is 5.33. The quantitative estimate of drug-likeness (QED) is 0.807. The first-order valence-corrected chi connectivity index (χ1v) is 6.33. The number of aromatic nitrogens is 3. The summed E-state index contributed by atoms with van der Waals surface area (Å²) in [6, 6.07) is 3.63. The molecule has 7 nitrogen and oxygen atoms in total. The molecule has 0 radical (unpaired) electrons. The normalized spacial score (nSPS) is 10.5. The first-order valence-electron chi connectivity index (χ1n) is 6.33. The van der Waals surface area contributed by atoms with Crippen LogP contribution in [0.3, 0.4) is 0 Å². The predicted molar refractivity (Wildman–Crippen MR) is 76.8 cm³/mol. The van der Waals surface area contributed by atoms with Gasteiger partial charge in [0, 0.05) is 19.7 Å². The molecule has 114 valence electrons. The summed E-state index contributed by atoms with van der Waals surface area (Å²) < 4.78 is 22.7. The molecule has 0 saturated carbocycles. The van der Waals surface area contributed by atoms with Crippen LogP contribution in [0, 0.1) is 0 Å². The van der Waals surface area contributed by atoms with Crippen molar-refractivity contribution in [3.63, 3.8) is 0 Å². The number of ether oxygens (including phenoxy) is 4. The van der Waals surface area contributed by atoms with Gasteiger partial charge < -0.3 is 18.9 Å². The van der Waals surface area contributed by atoms with Gasteiger partial charge in [0.1, 0.15) is 6.61 Å². The number of hydrogen-bond donors (Lipinski definition) is 0. The van der Waals surface area contributed by atoms with E-state index >= 15 is 0 Å². The molecule has 0 aliphatic rings. The van der Waals surface area contributed by atoms with Crippen molar-refractivity contribution in [2.75, 3.05) is 28.4 Å². The molecule has 1 heterocycles. The highest BCUT2D eigenvalue weighted by molar-refractivity contribution is 5.66. The molecule has 1 aromatic carbocycles. The average molecular weight is 293 g/mol. The Hall–Kier alpha value is -2.28. The fraction of sp³-hybridized carbons (Fsp3) is 0.429. The Bertz CT molecular complexity index is 600. The number of aryl methyl sites for hydroxylation is 1. The lowest BCUT2D eigenvalue weighted by Crippen LogP contribution is -2.00. The Labute approximate surface area is 123 Å². The van der Waals surface area contributed by atoms with Crippen LogP contribution in [0.15, 0.2) is 12.1 Å². The average Bonchev–Trinajstić information content (AvgIpc) is 2.87. The van der Waals surface area contributed by atoms with E-state index in [1.807, 2.05) is 19.2 Å². The summed E-state index contributed by atoms with van der Waals surface area (Å²) in [5.74, 6) is 2.97. The molecule has 0 spiro atoms. The van der Waals surface area contributed by atoms with Gasteiger partial charge in [0.25, 0.3) is 0 Å². The van der Waals surface area contributed by atoms with Gasteiger partial charge in [-0.2, -0.15) is 5.10 Å². The number of rotatable bonds is 6. The molecule has 0 N–H and O–H groups in total. The van der Waals surface area contributed by atoms with Crippen LogP contribution >= 0.6 is 0 Å². The summed E-state index contributed by atoms with van der Waals surface area (Å²) in [7, 11) is 8.15. The van der Waals surface area contributed by atoms with Gasteiger partial charge in [0.2, 0.25) is 5.75 Å². The third kappa shape index (κ3) is 2.92. The van der Waals surface area contributed by atoms with Crippen LogP contribution in [-0.4, -0.2) is 43.2 Å². The van der Waals surface area contributed by atoms with Gasteiger partial charge in [-0.25, -0.2) is 4.98 Å². The van der Waals surface area contributed by atoms with Gasteiger partial charge in [-0.3, -0.25) is 4.68 Å². The number of benzene rings is 1. The molecule has 1 aromatic heterocycles. The number of methoxy groups -OCH3 is 4. The first-order chi connectivity index (χ1) is 10.1. The van der Waals surface area contributed by atoms with E-state index in [1.54, 1.807) is 33.1 Å². The summed E-state index contributed by atoms with van der Waals surface area (Å²) in [6.45, 7) is 0.397. The van der Waals surface area contributed by atoms with E-state index < -0.39 is 0 Å². The van der Waals surface area contributed by atoms with E-state index in [-0.39, 0.29) is 0 Å². The molecular formula is C14H19N3O4. The smallest absolute Gasteiger partial charge is 0.203 e. The topological polar surface area (TPSA) is 67.6 Å². The Morgan fingerprint density at radius 1 is 1.00 bits per heavy atom. The van der Waals surface area contributed by atoms with Gasteiger partial charge >= 0.3 is 0 Å². The number of nitrogens with zero attached hydrogens (tertiary/aromatic N) is 3. The summed E-state index contributed by atoms with van der Waals surface area (Å²) in [4.78, 5) is 4.45. The van der Waals surface area contributed by atoms with Crippen molar-refractivity contribution in [3.05, 3.63) is 18.0 Å². The van der Waals surface area contributed by atoms with E-state index in [0.717, 1.165) is 11.4 Å².